The Kier molecular flexibility index (Phi) is 5.03. The van der Waals surface area contributed by atoms with E-state index in [2.05, 4.69) is 15.5 Å². The molecule has 1 fully saturated rings. The van der Waals surface area contributed by atoms with Crippen molar-refractivity contribution < 1.29 is 14.3 Å². The molecule has 1 saturated heterocycles. The van der Waals surface area contributed by atoms with Crippen LogP contribution in [0.15, 0.2) is 24.4 Å². The quantitative estimate of drug-likeness (QED) is 0.766. The fourth-order valence-electron chi connectivity index (χ4n) is 2.63. The zero-order valence-electron chi connectivity index (χ0n) is 12.5. The number of carbonyl (C=O) groups is 1. The number of aromatic amines is 1. The lowest BCUT2D eigenvalue weighted by Gasteiger charge is -2.10. The van der Waals surface area contributed by atoms with Gasteiger partial charge in [0.2, 0.25) is 0 Å². The van der Waals surface area contributed by atoms with Gasteiger partial charge in [0.25, 0.3) is 5.91 Å². The van der Waals surface area contributed by atoms with Crippen molar-refractivity contribution in [2.45, 2.75) is 25.4 Å². The molecule has 1 amide bonds. The van der Waals surface area contributed by atoms with E-state index >= 15 is 0 Å². The zero-order chi connectivity index (χ0) is 15.2. The molecule has 0 bridgehead atoms. The van der Waals surface area contributed by atoms with Gasteiger partial charge in [-0.05, 0) is 31.4 Å². The Morgan fingerprint density at radius 2 is 2.45 bits per heavy atom. The van der Waals surface area contributed by atoms with Crippen LogP contribution in [0.2, 0.25) is 0 Å². The molecule has 0 unspecified atom stereocenters. The summed E-state index contributed by atoms with van der Waals surface area (Å²) < 4.78 is 11.1. The van der Waals surface area contributed by atoms with Gasteiger partial charge < -0.3 is 14.8 Å². The second-order valence-electron chi connectivity index (χ2n) is 5.46. The minimum absolute atomic E-state index is 0.0777. The normalized spacial score (nSPS) is 17.9. The average Bonchev–Trinajstić information content (AvgIpc) is 3.20. The predicted octanol–water partition coefficient (Wildman–Crippen LogP) is 1.88. The van der Waals surface area contributed by atoms with Gasteiger partial charge in [-0.3, -0.25) is 9.89 Å². The molecule has 1 atom stereocenters. The van der Waals surface area contributed by atoms with E-state index < -0.39 is 0 Å². The van der Waals surface area contributed by atoms with Gasteiger partial charge in [-0.15, -0.1) is 0 Å². The smallest absolute Gasteiger partial charge is 0.252 e. The summed E-state index contributed by atoms with van der Waals surface area (Å²) in [7, 11) is 0. The summed E-state index contributed by atoms with van der Waals surface area (Å²) in [5.74, 6) is -0.0777. The third kappa shape index (κ3) is 3.64. The minimum atomic E-state index is -0.0777. The first-order valence-corrected chi connectivity index (χ1v) is 7.74. The van der Waals surface area contributed by atoms with E-state index in [1.807, 2.05) is 12.1 Å². The van der Waals surface area contributed by atoms with Gasteiger partial charge in [0.1, 0.15) is 0 Å². The lowest BCUT2D eigenvalue weighted by molar-refractivity contribution is 0.0166. The number of aromatic nitrogens is 2. The summed E-state index contributed by atoms with van der Waals surface area (Å²) in [5, 5.41) is 10.6. The third-order valence-electron chi connectivity index (χ3n) is 3.81. The largest absolute Gasteiger partial charge is 0.379 e. The molecule has 2 heterocycles. The van der Waals surface area contributed by atoms with Crippen LogP contribution in [0.4, 0.5) is 0 Å². The van der Waals surface area contributed by atoms with Gasteiger partial charge in [0.05, 0.1) is 30.0 Å². The summed E-state index contributed by atoms with van der Waals surface area (Å²) in [6.45, 7) is 2.74. The highest BCUT2D eigenvalue weighted by atomic mass is 16.5. The van der Waals surface area contributed by atoms with Crippen LogP contribution in [0.3, 0.4) is 0 Å². The lowest BCUT2D eigenvalue weighted by Crippen LogP contribution is -2.25. The molecule has 1 aliphatic rings. The molecule has 0 radical (unpaired) electrons. The Balaban J connectivity index is 1.38. The summed E-state index contributed by atoms with van der Waals surface area (Å²) in [6, 6.07) is 5.55. The molecule has 1 aliphatic heterocycles. The monoisotopic (exact) mass is 303 g/mol. The number of amides is 1. The van der Waals surface area contributed by atoms with Crippen LogP contribution in [0.1, 0.15) is 29.6 Å². The van der Waals surface area contributed by atoms with E-state index in [1.165, 1.54) is 0 Å². The maximum Gasteiger partial charge on any atom is 0.252 e. The third-order valence-corrected chi connectivity index (χ3v) is 3.81. The van der Waals surface area contributed by atoms with Crippen LogP contribution in [0.25, 0.3) is 10.9 Å². The molecular formula is C16H21N3O3. The van der Waals surface area contributed by atoms with E-state index in [1.54, 1.807) is 12.3 Å². The highest BCUT2D eigenvalue weighted by molar-refractivity contribution is 6.05. The van der Waals surface area contributed by atoms with E-state index in [-0.39, 0.29) is 12.0 Å². The highest BCUT2D eigenvalue weighted by Gasteiger charge is 2.15. The fraction of sp³-hybridized carbons (Fsp3) is 0.500. The van der Waals surface area contributed by atoms with Gasteiger partial charge in [-0.1, -0.05) is 6.07 Å². The first kappa shape index (κ1) is 15.0. The van der Waals surface area contributed by atoms with E-state index in [0.29, 0.717) is 25.3 Å². The number of nitrogens with one attached hydrogen (secondary N) is 2. The summed E-state index contributed by atoms with van der Waals surface area (Å²) in [5.41, 5.74) is 1.51. The molecule has 22 heavy (non-hydrogen) atoms. The number of hydrogen-bond donors (Lipinski definition) is 2. The number of H-pyrrole nitrogens is 1. The first-order chi connectivity index (χ1) is 10.8. The Morgan fingerprint density at radius 1 is 1.50 bits per heavy atom. The molecule has 1 aromatic heterocycles. The van der Waals surface area contributed by atoms with Crippen LogP contribution < -0.4 is 5.32 Å². The SMILES string of the molecule is O=C(NCCCOC[C@H]1CCCO1)c1cccc2[nH]ncc12. The number of nitrogens with zero attached hydrogens (tertiary/aromatic N) is 1. The van der Waals surface area contributed by atoms with Crippen molar-refractivity contribution in [2.24, 2.45) is 0 Å². The molecule has 6 nitrogen and oxygen atoms in total. The second kappa shape index (κ2) is 7.38. The van der Waals surface area contributed by atoms with Gasteiger partial charge in [-0.2, -0.15) is 5.10 Å². The summed E-state index contributed by atoms with van der Waals surface area (Å²) in [6.07, 6.45) is 4.94. The van der Waals surface area contributed by atoms with Gasteiger partial charge in [-0.25, -0.2) is 0 Å². The first-order valence-electron chi connectivity index (χ1n) is 7.74. The maximum atomic E-state index is 12.2. The number of fused-ring (bicyclic) bond motifs is 1. The van der Waals surface area contributed by atoms with Crippen molar-refractivity contribution in [1.29, 1.82) is 0 Å². The van der Waals surface area contributed by atoms with E-state index in [9.17, 15) is 4.79 Å². The van der Waals surface area contributed by atoms with Crippen molar-refractivity contribution in [2.75, 3.05) is 26.4 Å². The second-order valence-corrected chi connectivity index (χ2v) is 5.46. The molecule has 0 saturated carbocycles. The lowest BCUT2D eigenvalue weighted by atomic mass is 10.1. The van der Waals surface area contributed by atoms with Gasteiger partial charge >= 0.3 is 0 Å². The van der Waals surface area contributed by atoms with Gasteiger partial charge in [0.15, 0.2) is 0 Å². The predicted molar refractivity (Wildman–Crippen MR) is 82.8 cm³/mol. The number of ether oxygens (including phenoxy) is 2. The molecule has 6 heteroatoms. The van der Waals surface area contributed by atoms with Crippen LogP contribution >= 0.6 is 0 Å². The minimum Gasteiger partial charge on any atom is -0.379 e. The van der Waals surface area contributed by atoms with Crippen LogP contribution in [-0.4, -0.2) is 48.6 Å². The molecule has 3 rings (SSSR count). The highest BCUT2D eigenvalue weighted by Crippen LogP contribution is 2.15. The topological polar surface area (TPSA) is 76.2 Å². The maximum absolute atomic E-state index is 12.2. The number of carbonyl (C=O) groups excluding carboxylic acids is 1. The summed E-state index contributed by atoms with van der Waals surface area (Å²) >= 11 is 0. The van der Waals surface area contributed by atoms with Gasteiger partial charge in [0, 0.05) is 25.1 Å². The Labute approximate surface area is 129 Å². The summed E-state index contributed by atoms with van der Waals surface area (Å²) in [4.78, 5) is 12.2. The molecule has 0 aliphatic carbocycles. The van der Waals surface area contributed by atoms with Crippen molar-refractivity contribution >= 4 is 16.8 Å². The average molecular weight is 303 g/mol. The fourth-order valence-corrected chi connectivity index (χ4v) is 2.63. The molecule has 1 aromatic carbocycles. The molecule has 2 N–H and O–H groups in total. The Morgan fingerprint density at radius 3 is 3.32 bits per heavy atom. The molecule has 0 spiro atoms. The van der Waals surface area contributed by atoms with Crippen LogP contribution in [0, 0.1) is 0 Å². The Hall–Kier alpha value is -1.92. The van der Waals surface area contributed by atoms with Crippen LogP contribution in [-0.2, 0) is 9.47 Å². The van der Waals surface area contributed by atoms with Crippen molar-refractivity contribution in [3.63, 3.8) is 0 Å². The van der Waals surface area contributed by atoms with Crippen molar-refractivity contribution in [3.8, 4) is 0 Å². The molecule has 118 valence electrons. The number of benzene rings is 1. The number of rotatable bonds is 7. The standard InChI is InChI=1S/C16H21N3O3/c20-16(13-5-1-6-15-14(13)10-18-19-15)17-7-3-8-21-11-12-4-2-9-22-12/h1,5-6,10,12H,2-4,7-9,11H2,(H,17,20)(H,18,19)/t12-/m1/s1. The van der Waals surface area contributed by atoms with Crippen LogP contribution in [0.5, 0.6) is 0 Å². The Bertz CT molecular complexity index is 620. The van der Waals surface area contributed by atoms with E-state index in [0.717, 1.165) is 36.8 Å². The molecule has 2 aromatic rings. The van der Waals surface area contributed by atoms with E-state index in [4.69, 9.17) is 9.47 Å². The zero-order valence-corrected chi connectivity index (χ0v) is 12.5. The number of hydrogen-bond acceptors (Lipinski definition) is 4. The van der Waals surface area contributed by atoms with Crippen molar-refractivity contribution in [1.82, 2.24) is 15.5 Å². The molecular weight excluding hydrogens is 282 g/mol. The van der Waals surface area contributed by atoms with Crippen molar-refractivity contribution in [3.05, 3.63) is 30.0 Å².